The average Bonchev–Trinajstić information content (AvgIpc) is 3.24. The predicted octanol–water partition coefficient (Wildman–Crippen LogP) is 5.51. The number of carbonyl (C=O) groups excluding carboxylic acids is 1. The van der Waals surface area contributed by atoms with Gasteiger partial charge < -0.3 is 15.2 Å². The molecule has 7 heteroatoms. The van der Waals surface area contributed by atoms with Crippen LogP contribution < -0.4 is 5.32 Å². The molecule has 4 heterocycles. The molecule has 0 spiro atoms. The third kappa shape index (κ3) is 4.46. The van der Waals surface area contributed by atoms with Crippen molar-refractivity contribution in [2.75, 3.05) is 18.4 Å². The molecule has 2 N–H and O–H groups in total. The minimum atomic E-state index is 0.216. The second kappa shape index (κ2) is 9.10. The Kier molecular flexibility index (Phi) is 6.05. The summed E-state index contributed by atoms with van der Waals surface area (Å²) < 4.78 is 0. The SMILES string of the molecule is CC(=O)N1CCC(C2CCC(Nc3cc(-c4c[nH]c5ncccc45)cc(Cl)n3)CC2)CC1. The van der Waals surface area contributed by atoms with Gasteiger partial charge in [-0.05, 0) is 80.2 Å². The number of fused-ring (bicyclic) bond motifs is 1. The van der Waals surface area contributed by atoms with E-state index in [0.717, 1.165) is 78.6 Å². The van der Waals surface area contributed by atoms with Gasteiger partial charge in [0.2, 0.25) is 5.91 Å². The van der Waals surface area contributed by atoms with Crippen LogP contribution in [0, 0.1) is 11.8 Å². The number of carbonyl (C=O) groups is 1. The van der Waals surface area contributed by atoms with Gasteiger partial charge in [-0.1, -0.05) is 11.6 Å². The van der Waals surface area contributed by atoms with Gasteiger partial charge in [0.15, 0.2) is 0 Å². The van der Waals surface area contributed by atoms with Crippen LogP contribution in [0.15, 0.2) is 36.7 Å². The molecule has 6 nitrogen and oxygen atoms in total. The lowest BCUT2D eigenvalue weighted by molar-refractivity contribution is -0.130. The maximum Gasteiger partial charge on any atom is 0.219 e. The number of amides is 1. The molecule has 1 saturated heterocycles. The maximum atomic E-state index is 11.6. The molecule has 0 radical (unpaired) electrons. The molecular formula is C25H30ClN5O. The van der Waals surface area contributed by atoms with E-state index >= 15 is 0 Å². The summed E-state index contributed by atoms with van der Waals surface area (Å²) in [5.41, 5.74) is 3.00. The van der Waals surface area contributed by atoms with E-state index in [2.05, 4.69) is 32.4 Å². The largest absolute Gasteiger partial charge is 0.367 e. The second-order valence-electron chi connectivity index (χ2n) is 9.27. The summed E-state index contributed by atoms with van der Waals surface area (Å²) >= 11 is 6.39. The standard InChI is InChI=1S/C25H30ClN5O/c1-16(32)31-11-8-18(9-12-31)17-4-6-20(7-5-17)29-24-14-19(13-23(26)30-24)22-15-28-25-21(22)3-2-10-27-25/h2-3,10,13-15,17-18,20H,4-9,11-12H2,1H3,(H,27,28)(H,29,30). The van der Waals surface area contributed by atoms with Gasteiger partial charge in [0.25, 0.3) is 0 Å². The molecule has 3 aromatic rings. The van der Waals surface area contributed by atoms with Crippen molar-refractivity contribution in [2.45, 2.75) is 51.5 Å². The van der Waals surface area contributed by atoms with Crippen LogP contribution in [0.5, 0.6) is 0 Å². The first-order chi connectivity index (χ1) is 15.6. The fourth-order valence-corrected chi connectivity index (χ4v) is 5.76. The zero-order valence-corrected chi connectivity index (χ0v) is 19.2. The number of anilines is 1. The first kappa shape index (κ1) is 21.3. The van der Waals surface area contributed by atoms with E-state index in [0.29, 0.717) is 11.2 Å². The van der Waals surface area contributed by atoms with Crippen LogP contribution in [-0.2, 0) is 4.79 Å². The minimum absolute atomic E-state index is 0.216. The van der Waals surface area contributed by atoms with Crippen molar-refractivity contribution < 1.29 is 4.79 Å². The molecule has 2 fully saturated rings. The topological polar surface area (TPSA) is 73.9 Å². The second-order valence-corrected chi connectivity index (χ2v) is 9.65. The Morgan fingerprint density at radius 2 is 1.88 bits per heavy atom. The smallest absolute Gasteiger partial charge is 0.219 e. The monoisotopic (exact) mass is 451 g/mol. The number of aromatic amines is 1. The molecule has 0 unspecified atom stereocenters. The first-order valence-corrected chi connectivity index (χ1v) is 12.1. The molecule has 168 valence electrons. The lowest BCUT2D eigenvalue weighted by Crippen LogP contribution is -2.40. The fraction of sp³-hybridized carbons (Fsp3) is 0.480. The molecule has 0 atom stereocenters. The number of likely N-dealkylation sites (tertiary alicyclic amines) is 1. The molecule has 32 heavy (non-hydrogen) atoms. The van der Waals surface area contributed by atoms with Gasteiger partial charge in [-0.3, -0.25) is 4.79 Å². The van der Waals surface area contributed by atoms with Crippen LogP contribution in [0.1, 0.15) is 45.4 Å². The summed E-state index contributed by atoms with van der Waals surface area (Å²) in [6.07, 6.45) is 10.9. The van der Waals surface area contributed by atoms with Gasteiger partial charge >= 0.3 is 0 Å². The highest BCUT2D eigenvalue weighted by Gasteiger charge is 2.31. The van der Waals surface area contributed by atoms with Gasteiger partial charge in [-0.2, -0.15) is 0 Å². The number of rotatable bonds is 4. The summed E-state index contributed by atoms with van der Waals surface area (Å²) in [6.45, 7) is 3.54. The number of hydrogen-bond donors (Lipinski definition) is 2. The number of H-pyrrole nitrogens is 1. The van der Waals surface area contributed by atoms with Crippen molar-refractivity contribution in [1.29, 1.82) is 0 Å². The zero-order valence-electron chi connectivity index (χ0n) is 18.5. The Hall–Kier alpha value is -2.60. The van der Waals surface area contributed by atoms with Crippen LogP contribution in [0.2, 0.25) is 5.15 Å². The number of piperidine rings is 1. The van der Waals surface area contributed by atoms with E-state index in [4.69, 9.17) is 11.6 Å². The lowest BCUT2D eigenvalue weighted by atomic mass is 9.74. The highest BCUT2D eigenvalue weighted by Crippen LogP contribution is 2.37. The Bertz CT molecular complexity index is 1100. The maximum absolute atomic E-state index is 11.6. The highest BCUT2D eigenvalue weighted by atomic mass is 35.5. The summed E-state index contributed by atoms with van der Waals surface area (Å²) in [4.78, 5) is 25.7. The van der Waals surface area contributed by atoms with Crippen LogP contribution in [0.4, 0.5) is 5.82 Å². The van der Waals surface area contributed by atoms with E-state index in [1.54, 1.807) is 13.1 Å². The number of halogens is 1. The van der Waals surface area contributed by atoms with Gasteiger partial charge in [0.05, 0.1) is 0 Å². The molecule has 1 amide bonds. The van der Waals surface area contributed by atoms with Crippen molar-refractivity contribution in [3.8, 4) is 11.1 Å². The average molecular weight is 452 g/mol. The Morgan fingerprint density at radius 3 is 2.62 bits per heavy atom. The predicted molar refractivity (Wildman–Crippen MR) is 129 cm³/mol. The van der Waals surface area contributed by atoms with E-state index in [9.17, 15) is 4.79 Å². The molecule has 0 bridgehead atoms. The summed E-state index contributed by atoms with van der Waals surface area (Å²) in [7, 11) is 0. The Morgan fingerprint density at radius 1 is 1.12 bits per heavy atom. The zero-order chi connectivity index (χ0) is 22.1. The van der Waals surface area contributed by atoms with Crippen LogP contribution in [0.25, 0.3) is 22.2 Å². The summed E-state index contributed by atoms with van der Waals surface area (Å²) in [5, 5.41) is 5.22. The molecule has 5 rings (SSSR count). The number of nitrogens with one attached hydrogen (secondary N) is 2. The normalized spacial score (nSPS) is 22.2. The number of hydrogen-bond acceptors (Lipinski definition) is 4. The quantitative estimate of drug-likeness (QED) is 0.513. The molecule has 1 aliphatic carbocycles. The fourth-order valence-electron chi connectivity index (χ4n) is 5.55. The van der Waals surface area contributed by atoms with E-state index < -0.39 is 0 Å². The van der Waals surface area contributed by atoms with Gasteiger partial charge in [-0.25, -0.2) is 9.97 Å². The van der Waals surface area contributed by atoms with E-state index in [1.807, 2.05) is 23.2 Å². The first-order valence-electron chi connectivity index (χ1n) is 11.7. The molecule has 1 aliphatic heterocycles. The van der Waals surface area contributed by atoms with Crippen LogP contribution >= 0.6 is 11.6 Å². The van der Waals surface area contributed by atoms with Crippen molar-refractivity contribution in [3.05, 3.63) is 41.8 Å². The third-order valence-corrected chi connectivity index (χ3v) is 7.53. The number of nitrogens with zero attached hydrogens (tertiary/aromatic N) is 3. The van der Waals surface area contributed by atoms with E-state index in [-0.39, 0.29) is 5.91 Å². The summed E-state index contributed by atoms with van der Waals surface area (Å²) in [6, 6.07) is 8.44. The lowest BCUT2D eigenvalue weighted by Gasteiger charge is -2.39. The number of aromatic nitrogens is 3. The number of pyridine rings is 2. The van der Waals surface area contributed by atoms with Crippen LogP contribution in [-0.4, -0.2) is 44.9 Å². The molecular weight excluding hydrogens is 422 g/mol. The van der Waals surface area contributed by atoms with Crippen molar-refractivity contribution in [1.82, 2.24) is 19.9 Å². The highest BCUT2D eigenvalue weighted by molar-refractivity contribution is 6.29. The molecule has 1 saturated carbocycles. The summed E-state index contributed by atoms with van der Waals surface area (Å²) in [5.74, 6) is 2.60. The van der Waals surface area contributed by atoms with Crippen molar-refractivity contribution in [2.24, 2.45) is 11.8 Å². The van der Waals surface area contributed by atoms with Crippen molar-refractivity contribution >= 4 is 34.4 Å². The minimum Gasteiger partial charge on any atom is -0.367 e. The van der Waals surface area contributed by atoms with Crippen LogP contribution in [0.3, 0.4) is 0 Å². The molecule has 0 aromatic carbocycles. The third-order valence-electron chi connectivity index (χ3n) is 7.33. The Balaban J connectivity index is 1.22. The molecule has 3 aromatic heterocycles. The molecule has 2 aliphatic rings. The van der Waals surface area contributed by atoms with E-state index in [1.165, 1.54) is 12.8 Å². The van der Waals surface area contributed by atoms with Gasteiger partial charge in [-0.15, -0.1) is 0 Å². The Labute approximate surface area is 193 Å². The van der Waals surface area contributed by atoms with Gasteiger partial charge in [0.1, 0.15) is 16.6 Å². The van der Waals surface area contributed by atoms with Crippen molar-refractivity contribution in [3.63, 3.8) is 0 Å². The van der Waals surface area contributed by atoms with Gasteiger partial charge in [0, 0.05) is 49.4 Å².